The van der Waals surface area contributed by atoms with E-state index in [1.807, 2.05) is 0 Å². The molecule has 0 aliphatic carbocycles. The van der Waals surface area contributed by atoms with E-state index in [-0.39, 0.29) is 31.1 Å². The first-order valence-corrected chi connectivity index (χ1v) is 33.6. The minimum absolute atomic E-state index is 0.100. The van der Waals surface area contributed by atoms with E-state index in [0.29, 0.717) is 19.3 Å². The van der Waals surface area contributed by atoms with Crippen LogP contribution >= 0.6 is 0 Å². The lowest BCUT2D eigenvalue weighted by Crippen LogP contribution is -2.30. The van der Waals surface area contributed by atoms with E-state index < -0.39 is 6.10 Å². The standard InChI is InChI=1S/C77H122O6/c1-4-7-10-13-16-19-22-25-28-31-33-35-36-37-38-39-40-42-43-46-49-52-55-58-61-64-67-70-76(79)82-73-74(72-81-75(78)69-66-63-60-57-54-51-48-45-30-27-24-21-18-15-12-9-6-3)83-77(80)71-68-65-62-59-56-53-50-47-44-41-34-32-29-26-23-20-17-14-11-8-5-2/h7-12,16-21,25-30,33-35,37-38,40-42,46,49,74H,4-6,13-15,22-24,31-32,36,39,43-45,47-48,50-73H2,1-3H3/b10-7-,11-8-,12-9-,19-16-,20-17-,21-18-,28-25-,29-26-,30-27-,35-33-,38-37-,41-34-,42-40-,49-46-. The van der Waals surface area contributed by atoms with E-state index in [9.17, 15) is 14.4 Å². The maximum Gasteiger partial charge on any atom is 0.306 e. The Balaban J connectivity index is 4.47. The molecule has 0 rings (SSSR count). The summed E-state index contributed by atoms with van der Waals surface area (Å²) < 4.78 is 16.9. The van der Waals surface area contributed by atoms with Gasteiger partial charge in [0.2, 0.25) is 0 Å². The average Bonchev–Trinajstić information content (AvgIpc) is 3.49. The molecule has 0 aliphatic heterocycles. The molecule has 1 atom stereocenters. The lowest BCUT2D eigenvalue weighted by atomic mass is 10.1. The fourth-order valence-electron chi connectivity index (χ4n) is 8.78. The summed E-state index contributed by atoms with van der Waals surface area (Å²) >= 11 is 0. The van der Waals surface area contributed by atoms with Crippen molar-refractivity contribution in [1.82, 2.24) is 0 Å². The van der Waals surface area contributed by atoms with E-state index in [0.717, 1.165) is 180 Å². The van der Waals surface area contributed by atoms with Gasteiger partial charge in [0.1, 0.15) is 13.2 Å². The summed E-state index contributed by atoms with van der Waals surface area (Å²) in [6.45, 7) is 6.28. The Morgan fingerprint density at radius 2 is 0.434 bits per heavy atom. The highest BCUT2D eigenvalue weighted by molar-refractivity contribution is 5.71. The van der Waals surface area contributed by atoms with E-state index in [1.54, 1.807) is 0 Å². The minimum Gasteiger partial charge on any atom is -0.462 e. The Bertz CT molecular complexity index is 1890. The van der Waals surface area contributed by atoms with Crippen molar-refractivity contribution in [3.63, 3.8) is 0 Å². The van der Waals surface area contributed by atoms with Gasteiger partial charge in [-0.3, -0.25) is 14.4 Å². The van der Waals surface area contributed by atoms with Crippen molar-refractivity contribution in [3.8, 4) is 0 Å². The third-order valence-corrected chi connectivity index (χ3v) is 13.7. The summed E-state index contributed by atoms with van der Waals surface area (Å²) in [7, 11) is 0. The average molecular weight is 1140 g/mol. The highest BCUT2D eigenvalue weighted by Gasteiger charge is 2.19. The van der Waals surface area contributed by atoms with Gasteiger partial charge in [0, 0.05) is 19.3 Å². The van der Waals surface area contributed by atoms with E-state index in [1.165, 1.54) is 57.8 Å². The molecule has 1 unspecified atom stereocenters. The Kier molecular flexibility index (Phi) is 64.9. The largest absolute Gasteiger partial charge is 0.462 e. The normalized spacial score (nSPS) is 13.2. The number of esters is 3. The molecule has 83 heavy (non-hydrogen) atoms. The molecule has 0 saturated heterocycles. The van der Waals surface area contributed by atoms with Crippen molar-refractivity contribution in [2.45, 2.75) is 284 Å². The predicted octanol–water partition coefficient (Wildman–Crippen LogP) is 23.4. The van der Waals surface area contributed by atoms with Crippen LogP contribution in [-0.4, -0.2) is 37.2 Å². The molecule has 0 aromatic heterocycles. The smallest absolute Gasteiger partial charge is 0.306 e. The zero-order valence-electron chi connectivity index (χ0n) is 53.4. The van der Waals surface area contributed by atoms with Gasteiger partial charge in [0.25, 0.3) is 0 Å². The van der Waals surface area contributed by atoms with Crippen molar-refractivity contribution in [1.29, 1.82) is 0 Å². The second kappa shape index (κ2) is 69.3. The highest BCUT2D eigenvalue weighted by atomic mass is 16.6. The molecule has 0 aromatic carbocycles. The van der Waals surface area contributed by atoms with Crippen LogP contribution in [0.2, 0.25) is 0 Å². The fraction of sp³-hybridized carbons (Fsp3) is 0.597. The van der Waals surface area contributed by atoms with Crippen molar-refractivity contribution < 1.29 is 28.6 Å². The molecular formula is C77H122O6. The molecule has 0 aliphatic rings. The van der Waals surface area contributed by atoms with Crippen LogP contribution in [0.3, 0.4) is 0 Å². The Hall–Kier alpha value is -5.23. The van der Waals surface area contributed by atoms with E-state index in [4.69, 9.17) is 14.2 Å². The number of ether oxygens (including phenoxy) is 3. The summed E-state index contributed by atoms with van der Waals surface area (Å²) in [5.41, 5.74) is 0. The molecule has 6 nitrogen and oxygen atoms in total. The number of carbonyl (C=O) groups is 3. The minimum atomic E-state index is -0.807. The second-order valence-corrected chi connectivity index (χ2v) is 21.6. The quantitative estimate of drug-likeness (QED) is 0.0261. The number of unbranched alkanes of at least 4 members (excludes halogenated alkanes) is 20. The van der Waals surface area contributed by atoms with Crippen LogP contribution in [0, 0.1) is 0 Å². The number of hydrogen-bond acceptors (Lipinski definition) is 6. The van der Waals surface area contributed by atoms with Gasteiger partial charge in [-0.25, -0.2) is 0 Å². The van der Waals surface area contributed by atoms with Crippen LogP contribution in [0.1, 0.15) is 278 Å². The monoisotopic (exact) mass is 1140 g/mol. The van der Waals surface area contributed by atoms with Crippen LogP contribution in [0.4, 0.5) is 0 Å². The van der Waals surface area contributed by atoms with Crippen LogP contribution < -0.4 is 0 Å². The first kappa shape index (κ1) is 77.8. The van der Waals surface area contributed by atoms with Crippen molar-refractivity contribution in [2.24, 2.45) is 0 Å². The van der Waals surface area contributed by atoms with Gasteiger partial charge in [0.15, 0.2) is 6.10 Å². The molecule has 0 N–H and O–H groups in total. The van der Waals surface area contributed by atoms with Gasteiger partial charge in [0.05, 0.1) is 0 Å². The van der Waals surface area contributed by atoms with Gasteiger partial charge < -0.3 is 14.2 Å². The topological polar surface area (TPSA) is 78.9 Å². The Morgan fingerprint density at radius 3 is 0.675 bits per heavy atom. The summed E-state index contributed by atoms with van der Waals surface area (Å²) in [4.78, 5) is 38.5. The van der Waals surface area contributed by atoms with Crippen molar-refractivity contribution >= 4 is 17.9 Å². The molecule has 0 heterocycles. The van der Waals surface area contributed by atoms with Crippen LogP contribution in [0.15, 0.2) is 170 Å². The highest BCUT2D eigenvalue weighted by Crippen LogP contribution is 2.15. The van der Waals surface area contributed by atoms with E-state index in [2.05, 4.69) is 191 Å². The van der Waals surface area contributed by atoms with Crippen LogP contribution in [-0.2, 0) is 28.6 Å². The first-order valence-electron chi connectivity index (χ1n) is 33.6. The molecule has 466 valence electrons. The molecule has 0 saturated carbocycles. The van der Waals surface area contributed by atoms with Gasteiger partial charge in [-0.15, -0.1) is 0 Å². The molecular weight excluding hydrogens is 1020 g/mol. The zero-order chi connectivity index (χ0) is 59.9. The van der Waals surface area contributed by atoms with Gasteiger partial charge in [-0.2, -0.15) is 0 Å². The SMILES string of the molecule is CC/C=C\C/C=C\C/C=C\C/C=C\C/C=C\C/C=C\C/C=C\CCCCCCCC(=O)OCC(COC(=O)CCCCCCCCC/C=C\C/C=C\C/C=C\CC)OC(=O)CCCCCCCCCC/C=C\C/C=C\C/C=C\C/C=C\CC. The number of rotatable bonds is 59. The van der Waals surface area contributed by atoms with Gasteiger partial charge in [-0.1, -0.05) is 281 Å². The Labute approximate surface area is 511 Å². The Morgan fingerprint density at radius 1 is 0.241 bits per heavy atom. The first-order chi connectivity index (χ1) is 41.0. The molecule has 0 fully saturated rings. The zero-order valence-corrected chi connectivity index (χ0v) is 53.4. The third-order valence-electron chi connectivity index (χ3n) is 13.7. The molecule has 0 aromatic rings. The maximum atomic E-state index is 13.0. The van der Waals surface area contributed by atoms with Crippen molar-refractivity contribution in [2.75, 3.05) is 13.2 Å². The summed E-state index contributed by atoms with van der Waals surface area (Å²) in [5, 5.41) is 0. The summed E-state index contributed by atoms with van der Waals surface area (Å²) in [5.74, 6) is -0.938. The molecule has 0 radical (unpaired) electrons. The van der Waals surface area contributed by atoms with Gasteiger partial charge >= 0.3 is 17.9 Å². The number of hydrogen-bond donors (Lipinski definition) is 0. The number of carbonyl (C=O) groups excluding carboxylic acids is 3. The molecule has 6 heteroatoms. The van der Waals surface area contributed by atoms with Crippen LogP contribution in [0.5, 0.6) is 0 Å². The fourth-order valence-corrected chi connectivity index (χ4v) is 8.78. The van der Waals surface area contributed by atoms with Gasteiger partial charge in [-0.05, 0) is 148 Å². The van der Waals surface area contributed by atoms with Crippen LogP contribution in [0.25, 0.3) is 0 Å². The molecule has 0 amide bonds. The lowest BCUT2D eigenvalue weighted by Gasteiger charge is -2.18. The predicted molar refractivity (Wildman–Crippen MR) is 361 cm³/mol. The summed E-state index contributed by atoms with van der Waals surface area (Å²) in [6.07, 6.45) is 102. The lowest BCUT2D eigenvalue weighted by molar-refractivity contribution is -0.167. The number of allylic oxidation sites excluding steroid dienone is 28. The molecule has 0 spiro atoms. The van der Waals surface area contributed by atoms with E-state index >= 15 is 0 Å². The molecule has 0 bridgehead atoms. The third kappa shape index (κ3) is 67.4. The van der Waals surface area contributed by atoms with Crippen molar-refractivity contribution in [3.05, 3.63) is 170 Å². The maximum absolute atomic E-state index is 13.0. The summed E-state index contributed by atoms with van der Waals surface area (Å²) in [6, 6.07) is 0. The second-order valence-electron chi connectivity index (χ2n) is 21.6.